The van der Waals surface area contributed by atoms with Crippen LogP contribution in [-0.2, 0) is 115 Å². The van der Waals surface area contributed by atoms with Gasteiger partial charge in [0.15, 0.2) is 0 Å². The van der Waals surface area contributed by atoms with E-state index in [2.05, 4.69) is 154 Å². The molecule has 1 aliphatic heterocycles. The van der Waals surface area contributed by atoms with Crippen LogP contribution in [0.15, 0.2) is 0 Å². The second-order valence-corrected chi connectivity index (χ2v) is 24.6. The molecule has 0 amide bonds. The molecular formula is C60H54Fe6O3Si3+12. The first-order valence-electron chi connectivity index (χ1n) is 22.2. The quantitative estimate of drug-likeness (QED) is 0.248. The summed E-state index contributed by atoms with van der Waals surface area (Å²) in [6, 6.07) is 0. The van der Waals surface area contributed by atoms with Crippen LogP contribution in [0.4, 0.5) is 0 Å². The normalized spacial score (nSPS) is 27.5. The molecule has 13 aliphatic rings. The van der Waals surface area contributed by atoms with Crippen LogP contribution in [0.2, 0.25) is 0 Å². The zero-order valence-electron chi connectivity index (χ0n) is 39.0. The van der Waals surface area contributed by atoms with Gasteiger partial charge in [-0.3, -0.25) is 0 Å². The smallest absolute Gasteiger partial charge is 0.414 e. The van der Waals surface area contributed by atoms with Gasteiger partial charge in [-0.2, -0.15) is 0 Å². The van der Waals surface area contributed by atoms with Crippen molar-refractivity contribution < 1.29 is 115 Å². The van der Waals surface area contributed by atoms with E-state index in [4.69, 9.17) is 12.3 Å². The topological polar surface area (TPSA) is 27.7 Å². The van der Waals surface area contributed by atoms with Crippen LogP contribution in [0.3, 0.4) is 0 Å². The molecular weight excluding hydrogens is 1190 g/mol. The van der Waals surface area contributed by atoms with E-state index >= 15 is 0 Å². The van der Waals surface area contributed by atoms with Crippen LogP contribution in [-0.4, -0.2) is 25.7 Å². The molecule has 12 saturated carbocycles. The van der Waals surface area contributed by atoms with Gasteiger partial charge in [-0.25, -0.2) is 0 Å². The third-order valence-electron chi connectivity index (χ3n) is 10.5. The Morgan fingerprint density at radius 3 is 0.306 bits per heavy atom. The molecule has 0 N–H and O–H groups in total. The van der Waals surface area contributed by atoms with Crippen molar-refractivity contribution in [2.24, 2.45) is 0 Å². The summed E-state index contributed by atoms with van der Waals surface area (Å²) < 4.78 is 22.7. The molecule has 360 valence electrons. The van der Waals surface area contributed by atoms with E-state index in [0.717, 1.165) is 33.2 Å². The van der Waals surface area contributed by atoms with Gasteiger partial charge < -0.3 is 12.3 Å². The van der Waals surface area contributed by atoms with E-state index in [-0.39, 0.29) is 102 Å². The van der Waals surface area contributed by atoms with Crippen LogP contribution >= 0.6 is 0 Å². The van der Waals surface area contributed by atoms with Crippen molar-refractivity contribution in [3.63, 3.8) is 0 Å². The fourth-order valence-electron chi connectivity index (χ4n) is 7.36. The minimum Gasteiger partial charge on any atom is -0.414 e. The molecule has 0 bridgehead atoms. The first kappa shape index (κ1) is 73.7. The van der Waals surface area contributed by atoms with Crippen LogP contribution in [0, 0.1) is 380 Å². The fraction of sp³-hybridized carbons (Fsp3) is 0. The minimum absolute atomic E-state index is 0. The van der Waals surface area contributed by atoms with Gasteiger partial charge in [0.1, 0.15) is 0 Å². The third kappa shape index (κ3) is 23.1. The molecule has 0 spiro atoms. The Labute approximate surface area is 515 Å². The fourth-order valence-corrected chi connectivity index (χ4v) is 24.3. The zero-order valence-corrected chi connectivity index (χ0v) is 48.6. The summed E-state index contributed by atoms with van der Waals surface area (Å²) in [5.41, 5.74) is 6.68. The van der Waals surface area contributed by atoms with Crippen LogP contribution in [0.1, 0.15) is 0 Å². The summed E-state index contributed by atoms with van der Waals surface area (Å²) in [7, 11) is -9.68. The summed E-state index contributed by atoms with van der Waals surface area (Å²) in [5.74, 6) is 0. The van der Waals surface area contributed by atoms with Crippen molar-refractivity contribution in [2.75, 3.05) is 0 Å². The Morgan fingerprint density at radius 2 is 0.222 bits per heavy atom. The van der Waals surface area contributed by atoms with E-state index in [9.17, 15) is 0 Å². The van der Waals surface area contributed by atoms with Gasteiger partial charge in [-0.05, 0) is 347 Å². The molecule has 13 fully saturated rings. The van der Waals surface area contributed by atoms with Crippen molar-refractivity contribution in [2.45, 2.75) is 0 Å². The third-order valence-corrected chi connectivity index (χ3v) is 23.9. The average molecular weight is 1240 g/mol. The van der Waals surface area contributed by atoms with Crippen LogP contribution < -0.4 is 0 Å². The first-order chi connectivity index (χ1) is 32.8. The molecule has 0 aromatic heterocycles. The molecule has 72 heavy (non-hydrogen) atoms. The zero-order chi connectivity index (χ0) is 45.3. The molecule has 1 heterocycles. The number of hydrogen-bond donors (Lipinski definition) is 0. The van der Waals surface area contributed by atoms with Crippen molar-refractivity contribution in [1.82, 2.24) is 0 Å². The molecule has 12 aliphatic carbocycles. The predicted molar refractivity (Wildman–Crippen MR) is 272 cm³/mol. The van der Waals surface area contributed by atoms with Gasteiger partial charge in [0.05, 0.1) is 0 Å². The van der Waals surface area contributed by atoms with Gasteiger partial charge in [0.25, 0.3) is 0 Å². The van der Waals surface area contributed by atoms with E-state index in [1.807, 2.05) is 193 Å². The minimum atomic E-state index is -3.23. The standard InChI is InChI=1S/C30H24O3Si3.6C5H5.6Fe/c1-2-14-25(13-1)34(26-15-3-4-16-26)31-35(27-17-5-6-18-27,28-19-7-8-20-28)33-36(32-34,29-21-9-10-22-29)30-23-11-12-24-30;6*1-2-4-5-3-1;;;;;;/h1-24H;6*1-5H;;;;;;/q;;;;;;;6*+2. The first-order valence-corrected chi connectivity index (χ1v) is 27.6. The van der Waals surface area contributed by atoms with Gasteiger partial charge in [0.2, 0.25) is 0 Å². The second kappa shape index (κ2) is 43.3. The van der Waals surface area contributed by atoms with Crippen molar-refractivity contribution in [3.05, 3.63) is 380 Å². The molecule has 0 aromatic rings. The molecule has 60 radical (unpaired) electrons. The predicted octanol–water partition coefficient (Wildman–Crippen LogP) is 10.2. The summed E-state index contributed by atoms with van der Waals surface area (Å²) >= 11 is 0. The second-order valence-electron chi connectivity index (χ2n) is 15.0. The monoisotopic (exact) mass is 1240 g/mol. The van der Waals surface area contributed by atoms with E-state index in [0.29, 0.717) is 0 Å². The Hall–Kier alpha value is 3.65. The molecule has 0 aromatic carbocycles. The summed E-state index contributed by atoms with van der Waals surface area (Å²) in [6.07, 6.45) is 111. The molecule has 12 heteroatoms. The van der Waals surface area contributed by atoms with E-state index in [1.165, 1.54) is 0 Å². The molecule has 1 saturated heterocycles. The van der Waals surface area contributed by atoms with Crippen molar-refractivity contribution in [3.8, 4) is 0 Å². The average Bonchev–Trinajstić information content (AvgIpc) is 4.23. The molecule has 3 nitrogen and oxygen atoms in total. The largest absolute Gasteiger partial charge is 2.00 e. The molecule has 13 rings (SSSR count). The molecule has 0 atom stereocenters. The number of hydrogen-bond acceptors (Lipinski definition) is 3. The Morgan fingerprint density at radius 1 is 0.139 bits per heavy atom. The molecule has 0 unspecified atom stereocenters. The summed E-state index contributed by atoms with van der Waals surface area (Å²) in [4.78, 5) is 0. The maximum atomic E-state index is 7.56. The van der Waals surface area contributed by atoms with Gasteiger partial charge in [-0.1, -0.05) is 0 Å². The van der Waals surface area contributed by atoms with Gasteiger partial charge in [0, 0.05) is 33.2 Å². The van der Waals surface area contributed by atoms with Crippen LogP contribution in [0.5, 0.6) is 0 Å². The van der Waals surface area contributed by atoms with E-state index in [1.54, 1.807) is 0 Å². The van der Waals surface area contributed by atoms with Gasteiger partial charge in [-0.15, -0.1) is 0 Å². The van der Waals surface area contributed by atoms with Crippen molar-refractivity contribution in [1.29, 1.82) is 0 Å². The summed E-state index contributed by atoms with van der Waals surface area (Å²) in [6.45, 7) is 0. The SMILES string of the molecule is [CH]1[CH][CH][CH][CH]1.[CH]1[CH][CH][CH][CH]1.[CH]1[CH][CH][CH][CH]1.[CH]1[CH][CH][CH][CH]1.[CH]1[CH][CH][CH][CH]1.[CH]1[CH][CH][CH][CH]1.[CH]1[CH][CH][C]([Si]2([C]3[CH][CH][CH][CH]3)O[Si]([C]3[CH][CH][CH][CH]3)([C]3[CH][CH][CH][CH]3)O[Si]([C]3[CH][CH][CH][CH]3)([C]3[CH][CH][CH][CH]3)O2)[CH]1.[Fe+2].[Fe+2].[Fe+2].[Fe+2].[Fe+2].[Fe+2]. The Kier molecular flexibility index (Phi) is 44.3. The van der Waals surface area contributed by atoms with Gasteiger partial charge >= 0.3 is 128 Å². The maximum absolute atomic E-state index is 7.56. The van der Waals surface area contributed by atoms with Crippen molar-refractivity contribution >= 4 is 25.7 Å². The maximum Gasteiger partial charge on any atom is 2.00 e. The summed E-state index contributed by atoms with van der Waals surface area (Å²) in [5, 5.41) is 0. The Balaban J connectivity index is 0.000000581. The van der Waals surface area contributed by atoms with Crippen LogP contribution in [0.25, 0.3) is 0 Å². The number of rotatable bonds is 6. The van der Waals surface area contributed by atoms with E-state index < -0.39 is 25.7 Å². The Bertz CT molecular complexity index is 932.